The standard InChI is InChI=1S/C21H28N2O3S/c1-3-17-8-11-20(26-2)21(16-17)27(24,25)22-13-12-18-6-9-19(10-7-18)23-14-4-5-15-23/h6-11,16,22H,3-5,12-15H2,1-2H3. The van der Waals surface area contributed by atoms with Crippen LogP contribution in [0.2, 0.25) is 0 Å². The van der Waals surface area contributed by atoms with Gasteiger partial charge in [-0.1, -0.05) is 25.1 Å². The Bertz CT molecular complexity index is 857. The van der Waals surface area contributed by atoms with E-state index in [1.54, 1.807) is 12.1 Å². The van der Waals surface area contributed by atoms with E-state index in [-0.39, 0.29) is 4.90 Å². The molecule has 0 spiro atoms. The molecule has 0 bridgehead atoms. The largest absolute Gasteiger partial charge is 0.495 e. The van der Waals surface area contributed by atoms with Crippen molar-refractivity contribution >= 4 is 15.7 Å². The van der Waals surface area contributed by atoms with Crippen molar-refractivity contribution in [1.82, 2.24) is 4.72 Å². The first-order valence-corrected chi connectivity index (χ1v) is 11.0. The number of aryl methyl sites for hydroxylation is 1. The summed E-state index contributed by atoms with van der Waals surface area (Å²) >= 11 is 0. The summed E-state index contributed by atoms with van der Waals surface area (Å²) in [6.45, 7) is 4.60. The molecule has 0 atom stereocenters. The van der Waals surface area contributed by atoms with Crippen molar-refractivity contribution < 1.29 is 13.2 Å². The van der Waals surface area contributed by atoms with Crippen molar-refractivity contribution in [2.45, 2.75) is 37.5 Å². The maximum Gasteiger partial charge on any atom is 0.244 e. The number of methoxy groups -OCH3 is 1. The van der Waals surface area contributed by atoms with Crippen LogP contribution in [-0.2, 0) is 22.9 Å². The van der Waals surface area contributed by atoms with E-state index in [2.05, 4.69) is 33.9 Å². The Hall–Kier alpha value is -2.05. The van der Waals surface area contributed by atoms with Crippen molar-refractivity contribution in [3.8, 4) is 5.75 Å². The van der Waals surface area contributed by atoms with Crippen LogP contribution in [0.5, 0.6) is 5.75 Å². The molecule has 2 aromatic rings. The summed E-state index contributed by atoms with van der Waals surface area (Å²) in [5.41, 5.74) is 3.33. The predicted octanol–water partition coefficient (Wildman–Crippen LogP) is 3.38. The summed E-state index contributed by atoms with van der Waals surface area (Å²) in [7, 11) is -2.12. The van der Waals surface area contributed by atoms with Gasteiger partial charge in [-0.05, 0) is 61.1 Å². The van der Waals surface area contributed by atoms with E-state index >= 15 is 0 Å². The molecule has 2 aromatic carbocycles. The first kappa shape index (κ1) is 19.7. The molecule has 0 unspecified atom stereocenters. The molecular weight excluding hydrogens is 360 g/mol. The molecule has 0 aliphatic carbocycles. The summed E-state index contributed by atoms with van der Waals surface area (Å²) in [6.07, 6.45) is 3.93. The van der Waals surface area contributed by atoms with E-state index in [0.29, 0.717) is 18.7 Å². The number of nitrogens with zero attached hydrogens (tertiary/aromatic N) is 1. The van der Waals surface area contributed by atoms with Gasteiger partial charge in [0.05, 0.1) is 7.11 Å². The fraction of sp³-hybridized carbons (Fsp3) is 0.429. The van der Waals surface area contributed by atoms with Gasteiger partial charge < -0.3 is 9.64 Å². The Balaban J connectivity index is 1.62. The molecule has 3 rings (SSSR count). The smallest absolute Gasteiger partial charge is 0.244 e. The second-order valence-electron chi connectivity index (χ2n) is 6.85. The number of rotatable bonds is 8. The molecule has 146 valence electrons. The molecule has 1 aliphatic rings. The van der Waals surface area contributed by atoms with Crippen LogP contribution in [0.25, 0.3) is 0 Å². The molecule has 0 saturated carbocycles. The third-order valence-electron chi connectivity index (χ3n) is 5.04. The van der Waals surface area contributed by atoms with Crippen molar-refractivity contribution in [2.75, 3.05) is 31.6 Å². The van der Waals surface area contributed by atoms with Gasteiger partial charge in [-0.15, -0.1) is 0 Å². The lowest BCUT2D eigenvalue weighted by molar-refractivity contribution is 0.402. The number of sulfonamides is 1. The van der Waals surface area contributed by atoms with Crippen molar-refractivity contribution in [3.63, 3.8) is 0 Å². The molecule has 0 radical (unpaired) electrons. The van der Waals surface area contributed by atoms with Crippen LogP contribution in [0, 0.1) is 0 Å². The van der Waals surface area contributed by atoms with Gasteiger partial charge in [0, 0.05) is 25.3 Å². The van der Waals surface area contributed by atoms with E-state index in [1.165, 1.54) is 25.6 Å². The zero-order valence-electron chi connectivity index (χ0n) is 16.1. The van der Waals surface area contributed by atoms with Crippen LogP contribution in [-0.4, -0.2) is 35.2 Å². The van der Waals surface area contributed by atoms with Crippen molar-refractivity contribution in [2.24, 2.45) is 0 Å². The summed E-state index contributed by atoms with van der Waals surface area (Å²) in [4.78, 5) is 2.59. The lowest BCUT2D eigenvalue weighted by Crippen LogP contribution is -2.26. The van der Waals surface area contributed by atoms with Crippen LogP contribution in [0.3, 0.4) is 0 Å². The van der Waals surface area contributed by atoms with Gasteiger partial charge in [0.2, 0.25) is 10.0 Å². The molecule has 0 aromatic heterocycles. The summed E-state index contributed by atoms with van der Waals surface area (Å²) in [5, 5.41) is 0. The highest BCUT2D eigenvalue weighted by atomic mass is 32.2. The maximum atomic E-state index is 12.7. The minimum absolute atomic E-state index is 0.203. The summed E-state index contributed by atoms with van der Waals surface area (Å²) in [6, 6.07) is 13.7. The van der Waals surface area contributed by atoms with Crippen LogP contribution in [0.15, 0.2) is 47.4 Å². The normalized spacial score (nSPS) is 14.5. The molecule has 27 heavy (non-hydrogen) atoms. The molecule has 1 heterocycles. The van der Waals surface area contributed by atoms with Gasteiger partial charge in [0.15, 0.2) is 0 Å². The fourth-order valence-corrected chi connectivity index (χ4v) is 4.66. The van der Waals surface area contributed by atoms with E-state index in [1.807, 2.05) is 13.0 Å². The summed E-state index contributed by atoms with van der Waals surface area (Å²) < 4.78 is 33.3. The van der Waals surface area contributed by atoms with E-state index < -0.39 is 10.0 Å². The number of anilines is 1. The lowest BCUT2D eigenvalue weighted by Gasteiger charge is -2.17. The third kappa shape index (κ3) is 4.82. The number of nitrogens with one attached hydrogen (secondary N) is 1. The Kier molecular flexibility index (Phi) is 6.39. The van der Waals surface area contributed by atoms with Crippen LogP contribution in [0.4, 0.5) is 5.69 Å². The minimum atomic E-state index is -3.61. The Morgan fingerprint density at radius 1 is 1.04 bits per heavy atom. The van der Waals surface area contributed by atoms with Gasteiger partial charge in [-0.25, -0.2) is 13.1 Å². The van der Waals surface area contributed by atoms with Crippen LogP contribution in [0.1, 0.15) is 30.9 Å². The number of hydrogen-bond donors (Lipinski definition) is 1. The Labute approximate surface area is 162 Å². The minimum Gasteiger partial charge on any atom is -0.495 e. The number of benzene rings is 2. The molecule has 1 fully saturated rings. The number of ether oxygens (including phenoxy) is 1. The van der Waals surface area contributed by atoms with Gasteiger partial charge in [-0.3, -0.25) is 0 Å². The second-order valence-corrected chi connectivity index (χ2v) is 8.58. The number of hydrogen-bond acceptors (Lipinski definition) is 4. The third-order valence-corrected chi connectivity index (χ3v) is 6.52. The average molecular weight is 389 g/mol. The monoisotopic (exact) mass is 388 g/mol. The average Bonchev–Trinajstić information content (AvgIpc) is 3.22. The van der Waals surface area contributed by atoms with Crippen LogP contribution >= 0.6 is 0 Å². The van der Waals surface area contributed by atoms with E-state index in [9.17, 15) is 8.42 Å². The fourth-order valence-electron chi connectivity index (χ4n) is 3.41. The van der Waals surface area contributed by atoms with E-state index in [4.69, 9.17) is 4.74 Å². The SMILES string of the molecule is CCc1ccc(OC)c(S(=O)(=O)NCCc2ccc(N3CCCC3)cc2)c1. The first-order valence-electron chi connectivity index (χ1n) is 9.54. The molecule has 1 N–H and O–H groups in total. The first-order chi connectivity index (χ1) is 13.0. The van der Waals surface area contributed by atoms with E-state index in [0.717, 1.165) is 30.6 Å². The van der Waals surface area contributed by atoms with Crippen molar-refractivity contribution in [1.29, 1.82) is 0 Å². The highest BCUT2D eigenvalue weighted by molar-refractivity contribution is 7.89. The molecule has 0 amide bonds. The molecule has 1 saturated heterocycles. The highest BCUT2D eigenvalue weighted by Crippen LogP contribution is 2.25. The zero-order valence-corrected chi connectivity index (χ0v) is 16.9. The predicted molar refractivity (Wildman–Crippen MR) is 109 cm³/mol. The van der Waals surface area contributed by atoms with Gasteiger partial charge in [0.25, 0.3) is 0 Å². The summed E-state index contributed by atoms with van der Waals surface area (Å²) in [5.74, 6) is 0.370. The quantitative estimate of drug-likeness (QED) is 0.753. The van der Waals surface area contributed by atoms with Crippen molar-refractivity contribution in [3.05, 3.63) is 53.6 Å². The maximum absolute atomic E-state index is 12.7. The van der Waals surface area contributed by atoms with Crippen LogP contribution < -0.4 is 14.4 Å². The van der Waals surface area contributed by atoms with Gasteiger partial charge in [-0.2, -0.15) is 0 Å². The topological polar surface area (TPSA) is 58.6 Å². The molecule has 1 aliphatic heterocycles. The lowest BCUT2D eigenvalue weighted by atomic mass is 10.1. The highest BCUT2D eigenvalue weighted by Gasteiger charge is 2.19. The van der Waals surface area contributed by atoms with Gasteiger partial charge >= 0.3 is 0 Å². The molecule has 6 heteroatoms. The Morgan fingerprint density at radius 2 is 1.70 bits per heavy atom. The molecular formula is C21H28N2O3S. The van der Waals surface area contributed by atoms with Gasteiger partial charge in [0.1, 0.15) is 10.6 Å². The Morgan fingerprint density at radius 3 is 2.33 bits per heavy atom. The zero-order chi connectivity index (χ0) is 19.3. The second kappa shape index (κ2) is 8.76. The molecule has 5 nitrogen and oxygen atoms in total.